The lowest BCUT2D eigenvalue weighted by atomic mass is 10.5. The van der Waals surface area contributed by atoms with Crippen LogP contribution in [0, 0.1) is 0 Å². The topological polar surface area (TPSA) is 56.5 Å². The van der Waals surface area contributed by atoms with Gasteiger partial charge in [-0.1, -0.05) is 6.92 Å². The summed E-state index contributed by atoms with van der Waals surface area (Å²) in [6, 6.07) is 1.04. The van der Waals surface area contributed by atoms with Crippen molar-refractivity contribution in [2.45, 2.75) is 32.4 Å². The first-order valence-electron chi connectivity index (χ1n) is 5.78. The van der Waals surface area contributed by atoms with Gasteiger partial charge in [0.2, 0.25) is 0 Å². The molecule has 0 fully saturated rings. The molecule has 92 valence electrons. The summed E-state index contributed by atoms with van der Waals surface area (Å²) < 4.78 is 11.3. The number of rotatable bonds is 10. The highest BCUT2D eigenvalue weighted by molar-refractivity contribution is 6.65. The van der Waals surface area contributed by atoms with Crippen LogP contribution in [0.1, 0.15) is 19.8 Å². The van der Waals surface area contributed by atoms with Crippen LogP contribution >= 0.6 is 0 Å². The van der Waals surface area contributed by atoms with E-state index >= 15 is 0 Å². The van der Waals surface area contributed by atoms with Gasteiger partial charge in [0.1, 0.15) is 0 Å². The molecule has 5 heteroatoms. The summed E-state index contributed by atoms with van der Waals surface area (Å²) in [5, 5.41) is 3.27. The lowest BCUT2D eigenvalue weighted by molar-refractivity contribution is 0.204. The zero-order valence-electron chi connectivity index (χ0n) is 10.3. The van der Waals surface area contributed by atoms with E-state index < -0.39 is 8.56 Å². The molecule has 0 aromatic heterocycles. The molecule has 0 aromatic carbocycles. The zero-order chi connectivity index (χ0) is 11.6. The van der Waals surface area contributed by atoms with Gasteiger partial charge in [0.15, 0.2) is 0 Å². The quantitative estimate of drug-likeness (QED) is 0.438. The van der Waals surface area contributed by atoms with E-state index in [-0.39, 0.29) is 0 Å². The lowest BCUT2D eigenvalue weighted by Gasteiger charge is -2.24. The smallest absolute Gasteiger partial charge is 0.334 e. The summed E-state index contributed by atoms with van der Waals surface area (Å²) in [6.45, 7) is 7.65. The van der Waals surface area contributed by atoms with E-state index in [0.29, 0.717) is 6.54 Å². The summed E-state index contributed by atoms with van der Waals surface area (Å²) in [4.78, 5) is 0. The van der Waals surface area contributed by atoms with E-state index in [1.165, 1.54) is 0 Å². The van der Waals surface area contributed by atoms with Gasteiger partial charge in [-0.25, -0.2) is 0 Å². The van der Waals surface area contributed by atoms with Crippen molar-refractivity contribution in [2.24, 2.45) is 5.73 Å². The fourth-order valence-corrected chi connectivity index (χ4v) is 3.23. The molecule has 1 unspecified atom stereocenters. The largest absolute Gasteiger partial charge is 0.398 e. The zero-order valence-corrected chi connectivity index (χ0v) is 11.3. The van der Waals surface area contributed by atoms with Crippen LogP contribution in [0.5, 0.6) is 0 Å². The average Bonchev–Trinajstić information content (AvgIpc) is 2.26. The van der Waals surface area contributed by atoms with Crippen molar-refractivity contribution in [3.8, 4) is 0 Å². The molecule has 15 heavy (non-hydrogen) atoms. The molecule has 0 bridgehead atoms. The molecule has 0 spiro atoms. The fourth-order valence-electron chi connectivity index (χ4n) is 1.31. The lowest BCUT2D eigenvalue weighted by Crippen LogP contribution is -2.38. The molecule has 0 saturated heterocycles. The minimum absolute atomic E-state index is 0.700. The van der Waals surface area contributed by atoms with Gasteiger partial charge < -0.3 is 19.9 Å². The Morgan fingerprint density at radius 3 is 2.60 bits per heavy atom. The number of nitrogens with one attached hydrogen (secondary N) is 1. The van der Waals surface area contributed by atoms with Crippen LogP contribution in [0.25, 0.3) is 0 Å². The molecule has 0 aromatic rings. The van der Waals surface area contributed by atoms with Gasteiger partial charge in [-0.3, -0.25) is 0 Å². The van der Waals surface area contributed by atoms with Gasteiger partial charge in [-0.15, -0.1) is 0 Å². The Balaban J connectivity index is 3.58. The number of hydrogen-bond acceptors (Lipinski definition) is 4. The van der Waals surface area contributed by atoms with Crippen molar-refractivity contribution >= 4 is 8.56 Å². The summed E-state index contributed by atoms with van der Waals surface area (Å²) in [5.41, 5.74) is 5.39. The second-order valence-electron chi connectivity index (χ2n) is 3.83. The first kappa shape index (κ1) is 15.1. The summed E-state index contributed by atoms with van der Waals surface area (Å²) in [6.07, 6.45) is 2.15. The van der Waals surface area contributed by atoms with Crippen molar-refractivity contribution in [1.29, 1.82) is 0 Å². The summed E-state index contributed by atoms with van der Waals surface area (Å²) >= 11 is 0. The predicted molar refractivity (Wildman–Crippen MR) is 66.2 cm³/mol. The average molecular weight is 234 g/mol. The molecule has 1 atom stereocenters. The van der Waals surface area contributed by atoms with Gasteiger partial charge in [-0.05, 0) is 32.0 Å². The maximum absolute atomic E-state index is 5.80. The molecule has 0 rings (SSSR count). The third-order valence-electron chi connectivity index (χ3n) is 2.35. The van der Waals surface area contributed by atoms with Gasteiger partial charge in [0.25, 0.3) is 0 Å². The highest BCUT2D eigenvalue weighted by atomic mass is 28.4. The molecule has 0 heterocycles. The van der Waals surface area contributed by atoms with Crippen molar-refractivity contribution in [1.82, 2.24) is 5.32 Å². The van der Waals surface area contributed by atoms with E-state index in [9.17, 15) is 0 Å². The molecule has 0 amide bonds. The summed E-state index contributed by atoms with van der Waals surface area (Å²) in [7, 11) is -0.117. The second kappa shape index (κ2) is 9.29. The third-order valence-corrected chi connectivity index (χ3v) is 5.29. The SMILES string of the molecule is CCCO[Si](C)(CCCNCCN)OC. The Hall–Kier alpha value is 0.0569. The first-order valence-corrected chi connectivity index (χ1v) is 8.30. The minimum atomic E-state index is -1.88. The van der Waals surface area contributed by atoms with Gasteiger partial charge in [0, 0.05) is 26.8 Å². The Kier molecular flexibility index (Phi) is 9.33. The van der Waals surface area contributed by atoms with Crippen molar-refractivity contribution in [3.63, 3.8) is 0 Å². The highest BCUT2D eigenvalue weighted by Gasteiger charge is 2.28. The normalized spacial score (nSPS) is 15.2. The molecule has 0 aliphatic rings. The molecular weight excluding hydrogens is 208 g/mol. The molecule has 4 nitrogen and oxygen atoms in total. The Morgan fingerprint density at radius 2 is 2.07 bits per heavy atom. The second-order valence-corrected chi connectivity index (χ2v) is 7.29. The third kappa shape index (κ3) is 7.93. The van der Waals surface area contributed by atoms with Gasteiger partial charge >= 0.3 is 8.56 Å². The Labute approximate surface area is 94.8 Å². The molecule has 0 saturated carbocycles. The predicted octanol–water partition coefficient (Wildman–Crippen LogP) is 1.07. The maximum atomic E-state index is 5.80. The van der Waals surface area contributed by atoms with Crippen LogP contribution in [0.2, 0.25) is 12.6 Å². The Bertz CT molecular complexity index is 149. The first-order chi connectivity index (χ1) is 7.18. The van der Waals surface area contributed by atoms with Gasteiger partial charge in [-0.2, -0.15) is 0 Å². The number of nitrogens with two attached hydrogens (primary N) is 1. The van der Waals surface area contributed by atoms with E-state index in [1.54, 1.807) is 7.11 Å². The summed E-state index contributed by atoms with van der Waals surface area (Å²) in [5.74, 6) is 0. The number of hydrogen-bond donors (Lipinski definition) is 2. The van der Waals surface area contributed by atoms with Crippen LogP contribution in [0.15, 0.2) is 0 Å². The standard InChI is InChI=1S/C10H26N2O2Si/c1-4-9-14-15(3,13-2)10-5-7-12-8-6-11/h12H,4-11H2,1-3H3. The Morgan fingerprint density at radius 1 is 1.33 bits per heavy atom. The van der Waals surface area contributed by atoms with E-state index in [4.69, 9.17) is 14.6 Å². The van der Waals surface area contributed by atoms with Crippen LogP contribution in [-0.2, 0) is 8.85 Å². The van der Waals surface area contributed by atoms with E-state index in [1.807, 2.05) is 0 Å². The van der Waals surface area contributed by atoms with Crippen LogP contribution in [0.4, 0.5) is 0 Å². The molecule has 0 aliphatic heterocycles. The van der Waals surface area contributed by atoms with Gasteiger partial charge in [0.05, 0.1) is 0 Å². The molecule has 0 aliphatic carbocycles. The minimum Gasteiger partial charge on any atom is -0.398 e. The van der Waals surface area contributed by atoms with Crippen molar-refractivity contribution < 1.29 is 8.85 Å². The van der Waals surface area contributed by atoms with Crippen LogP contribution in [-0.4, -0.2) is 41.9 Å². The monoisotopic (exact) mass is 234 g/mol. The van der Waals surface area contributed by atoms with Crippen LogP contribution < -0.4 is 11.1 Å². The van der Waals surface area contributed by atoms with Crippen molar-refractivity contribution in [2.75, 3.05) is 33.4 Å². The van der Waals surface area contributed by atoms with E-state index in [2.05, 4.69) is 18.8 Å². The fraction of sp³-hybridized carbons (Fsp3) is 1.00. The molecule has 0 radical (unpaired) electrons. The molecular formula is C10H26N2O2Si. The van der Waals surface area contributed by atoms with Crippen molar-refractivity contribution in [3.05, 3.63) is 0 Å². The van der Waals surface area contributed by atoms with Crippen LogP contribution in [0.3, 0.4) is 0 Å². The molecule has 3 N–H and O–H groups in total. The maximum Gasteiger partial charge on any atom is 0.334 e. The highest BCUT2D eigenvalue weighted by Crippen LogP contribution is 2.14. The van der Waals surface area contributed by atoms with E-state index in [0.717, 1.165) is 38.6 Å².